The molecule has 0 aromatic heterocycles. The maximum absolute atomic E-state index is 3.37. The van der Waals surface area contributed by atoms with Crippen molar-refractivity contribution in [2.45, 2.75) is 46.1 Å². The monoisotopic (exact) mass is 260 g/mol. The zero-order valence-corrected chi connectivity index (χ0v) is 13.5. The van der Waals surface area contributed by atoms with E-state index in [2.05, 4.69) is 51.3 Å². The van der Waals surface area contributed by atoms with Crippen LogP contribution >= 0.6 is 11.8 Å². The largest absolute Gasteiger partial charge is 0.319 e. The van der Waals surface area contributed by atoms with Crippen LogP contribution in [-0.4, -0.2) is 50.1 Å². The van der Waals surface area contributed by atoms with Crippen LogP contribution in [0, 0.1) is 5.41 Å². The summed E-state index contributed by atoms with van der Waals surface area (Å²) in [5, 5.41) is 3.37. The Morgan fingerprint density at radius 3 is 2.18 bits per heavy atom. The van der Waals surface area contributed by atoms with Gasteiger partial charge >= 0.3 is 0 Å². The van der Waals surface area contributed by atoms with Crippen LogP contribution in [0.2, 0.25) is 0 Å². The van der Waals surface area contributed by atoms with E-state index in [4.69, 9.17) is 0 Å². The molecule has 0 radical (unpaired) electrons. The fraction of sp³-hybridized carbons (Fsp3) is 1.00. The van der Waals surface area contributed by atoms with E-state index in [0.29, 0.717) is 5.41 Å². The van der Waals surface area contributed by atoms with Crippen molar-refractivity contribution in [2.24, 2.45) is 5.41 Å². The molecule has 0 spiro atoms. The van der Waals surface area contributed by atoms with E-state index in [1.165, 1.54) is 31.6 Å². The summed E-state index contributed by atoms with van der Waals surface area (Å²) in [6.45, 7) is 9.28. The second-order valence-corrected chi connectivity index (χ2v) is 6.08. The van der Waals surface area contributed by atoms with Gasteiger partial charge in [-0.25, -0.2) is 0 Å². The number of nitrogens with zero attached hydrogens (tertiary/aromatic N) is 1. The predicted molar refractivity (Wildman–Crippen MR) is 82.0 cm³/mol. The first-order valence-corrected chi connectivity index (χ1v) is 8.32. The van der Waals surface area contributed by atoms with Gasteiger partial charge in [-0.15, -0.1) is 0 Å². The first-order valence-electron chi connectivity index (χ1n) is 6.92. The summed E-state index contributed by atoms with van der Waals surface area (Å²) < 4.78 is 0. The van der Waals surface area contributed by atoms with Crippen molar-refractivity contribution in [3.05, 3.63) is 0 Å². The van der Waals surface area contributed by atoms with Crippen LogP contribution in [0.3, 0.4) is 0 Å². The zero-order valence-electron chi connectivity index (χ0n) is 12.7. The molecule has 1 N–H and O–H groups in total. The molecular formula is C14H32N2S. The summed E-state index contributed by atoms with van der Waals surface area (Å²) in [5.74, 6) is 1.25. The Labute approximate surface area is 113 Å². The number of thioether (sulfide) groups is 1. The minimum atomic E-state index is 0.440. The summed E-state index contributed by atoms with van der Waals surface area (Å²) in [6, 6.07) is 0.722. The minimum absolute atomic E-state index is 0.440. The molecule has 0 amide bonds. The van der Waals surface area contributed by atoms with Gasteiger partial charge in [-0.3, -0.25) is 0 Å². The van der Waals surface area contributed by atoms with Gasteiger partial charge in [-0.05, 0) is 45.0 Å². The molecule has 0 aliphatic heterocycles. The van der Waals surface area contributed by atoms with E-state index >= 15 is 0 Å². The second kappa shape index (κ2) is 9.23. The van der Waals surface area contributed by atoms with Gasteiger partial charge in [0.25, 0.3) is 0 Å². The van der Waals surface area contributed by atoms with Crippen LogP contribution in [-0.2, 0) is 0 Å². The van der Waals surface area contributed by atoms with Gasteiger partial charge in [-0.1, -0.05) is 20.8 Å². The molecule has 1 unspecified atom stereocenters. The predicted octanol–water partition coefficient (Wildman–Crippen LogP) is 3.09. The van der Waals surface area contributed by atoms with Crippen molar-refractivity contribution in [1.29, 1.82) is 0 Å². The lowest BCUT2D eigenvalue weighted by Crippen LogP contribution is -2.45. The molecule has 0 aromatic rings. The number of rotatable bonds is 10. The first-order chi connectivity index (χ1) is 8.09. The van der Waals surface area contributed by atoms with Crippen LogP contribution in [0.25, 0.3) is 0 Å². The van der Waals surface area contributed by atoms with Gasteiger partial charge in [0.2, 0.25) is 0 Å². The fourth-order valence-corrected chi connectivity index (χ4v) is 3.44. The van der Waals surface area contributed by atoms with Crippen molar-refractivity contribution in [1.82, 2.24) is 10.2 Å². The van der Waals surface area contributed by atoms with E-state index in [1.54, 1.807) is 0 Å². The standard InChI is InChI=1S/C14H32N2S/c1-7-13(10-17-6)16(5)12-14(8-2,9-3)11-15-4/h13,15H,7-12H2,1-6H3. The van der Waals surface area contributed by atoms with Gasteiger partial charge in [0, 0.05) is 24.9 Å². The lowest BCUT2D eigenvalue weighted by molar-refractivity contribution is 0.129. The van der Waals surface area contributed by atoms with Crippen LogP contribution in [0.1, 0.15) is 40.0 Å². The lowest BCUT2D eigenvalue weighted by atomic mass is 9.81. The molecule has 0 aliphatic carbocycles. The van der Waals surface area contributed by atoms with Crippen LogP contribution in [0.4, 0.5) is 0 Å². The van der Waals surface area contributed by atoms with Crippen molar-refractivity contribution in [3.8, 4) is 0 Å². The maximum Gasteiger partial charge on any atom is 0.0180 e. The summed E-state index contributed by atoms with van der Waals surface area (Å²) in [5.41, 5.74) is 0.440. The highest BCUT2D eigenvalue weighted by Gasteiger charge is 2.28. The summed E-state index contributed by atoms with van der Waals surface area (Å²) >= 11 is 1.96. The molecule has 0 aromatic carbocycles. The Morgan fingerprint density at radius 1 is 1.24 bits per heavy atom. The average molecular weight is 260 g/mol. The van der Waals surface area contributed by atoms with Crippen LogP contribution < -0.4 is 5.32 Å². The first kappa shape index (κ1) is 17.3. The molecule has 0 rings (SSSR count). The minimum Gasteiger partial charge on any atom is -0.319 e. The van der Waals surface area contributed by atoms with E-state index in [0.717, 1.165) is 12.6 Å². The quantitative estimate of drug-likeness (QED) is 0.650. The normalized spacial score (nSPS) is 14.3. The van der Waals surface area contributed by atoms with E-state index in [-0.39, 0.29) is 0 Å². The number of hydrogen-bond acceptors (Lipinski definition) is 3. The van der Waals surface area contributed by atoms with Gasteiger partial charge in [0.15, 0.2) is 0 Å². The van der Waals surface area contributed by atoms with Gasteiger partial charge in [0.1, 0.15) is 0 Å². The van der Waals surface area contributed by atoms with Crippen LogP contribution in [0.5, 0.6) is 0 Å². The summed E-state index contributed by atoms with van der Waals surface area (Å²) in [7, 11) is 4.36. The smallest absolute Gasteiger partial charge is 0.0180 e. The molecule has 3 heteroatoms. The second-order valence-electron chi connectivity index (χ2n) is 5.17. The van der Waals surface area contributed by atoms with Crippen molar-refractivity contribution < 1.29 is 0 Å². The topological polar surface area (TPSA) is 15.3 Å². The molecule has 0 bridgehead atoms. The lowest BCUT2D eigenvalue weighted by Gasteiger charge is -2.38. The van der Waals surface area contributed by atoms with Crippen molar-refractivity contribution >= 4 is 11.8 Å². The van der Waals surface area contributed by atoms with Gasteiger partial charge < -0.3 is 10.2 Å². The molecule has 0 heterocycles. The van der Waals surface area contributed by atoms with E-state index in [1.807, 2.05) is 11.8 Å². The molecule has 0 saturated heterocycles. The fourth-order valence-electron chi connectivity index (χ4n) is 2.56. The SMILES string of the molecule is CCC(CSC)N(C)CC(CC)(CC)CNC. The third-order valence-electron chi connectivity index (χ3n) is 4.09. The Kier molecular flexibility index (Phi) is 9.38. The highest BCUT2D eigenvalue weighted by atomic mass is 32.2. The molecule has 17 heavy (non-hydrogen) atoms. The number of nitrogens with one attached hydrogen (secondary N) is 1. The van der Waals surface area contributed by atoms with E-state index < -0.39 is 0 Å². The zero-order chi connectivity index (χ0) is 13.3. The van der Waals surface area contributed by atoms with Gasteiger partial charge in [0.05, 0.1) is 0 Å². The highest BCUT2D eigenvalue weighted by molar-refractivity contribution is 7.98. The Morgan fingerprint density at radius 2 is 1.82 bits per heavy atom. The van der Waals surface area contributed by atoms with E-state index in [9.17, 15) is 0 Å². The third kappa shape index (κ3) is 5.62. The van der Waals surface area contributed by atoms with Crippen LogP contribution in [0.15, 0.2) is 0 Å². The molecule has 0 fully saturated rings. The summed E-state index contributed by atoms with van der Waals surface area (Å²) in [4.78, 5) is 2.57. The molecule has 104 valence electrons. The summed E-state index contributed by atoms with van der Waals surface area (Å²) in [6.07, 6.45) is 5.96. The Balaban J connectivity index is 4.51. The van der Waals surface area contributed by atoms with Crippen molar-refractivity contribution in [3.63, 3.8) is 0 Å². The third-order valence-corrected chi connectivity index (χ3v) is 4.81. The molecule has 0 aliphatic rings. The molecular weight excluding hydrogens is 228 g/mol. The van der Waals surface area contributed by atoms with Gasteiger partial charge in [-0.2, -0.15) is 11.8 Å². The highest BCUT2D eigenvalue weighted by Crippen LogP contribution is 2.27. The Hall–Kier alpha value is 0.270. The number of hydrogen-bond donors (Lipinski definition) is 1. The molecule has 0 saturated carbocycles. The Bertz CT molecular complexity index is 181. The van der Waals surface area contributed by atoms with Crippen molar-refractivity contribution in [2.75, 3.05) is 39.2 Å². The maximum atomic E-state index is 3.37. The molecule has 1 atom stereocenters. The average Bonchev–Trinajstić information content (AvgIpc) is 2.35. The molecule has 2 nitrogen and oxygen atoms in total.